The molecule has 1 heterocycles. The lowest BCUT2D eigenvalue weighted by molar-refractivity contribution is -0.165. The third kappa shape index (κ3) is 1.43. The van der Waals surface area contributed by atoms with Gasteiger partial charge in [-0.15, -0.1) is 0 Å². The lowest BCUT2D eigenvalue weighted by Crippen LogP contribution is -2.41. The van der Waals surface area contributed by atoms with Crippen LogP contribution < -0.4 is 0 Å². The average molecular weight is 301 g/mol. The number of fused-ring (bicyclic) bond motifs is 1. The molecule has 4 fully saturated rings. The molecular formula is C17H19NO4. The smallest absolute Gasteiger partial charge is 0.327 e. The molecular weight excluding hydrogens is 282 g/mol. The predicted molar refractivity (Wildman–Crippen MR) is 75.0 cm³/mol. The second-order valence-corrected chi connectivity index (χ2v) is 7.27. The highest BCUT2D eigenvalue weighted by Crippen LogP contribution is 2.63. The van der Waals surface area contributed by atoms with Crippen LogP contribution in [0.1, 0.15) is 33.1 Å². The van der Waals surface area contributed by atoms with Crippen LogP contribution in [0.4, 0.5) is 0 Å². The number of carbonyl (C=O) groups excluding carboxylic acids is 2. The van der Waals surface area contributed by atoms with Gasteiger partial charge in [0.15, 0.2) is 5.41 Å². The quantitative estimate of drug-likeness (QED) is 0.588. The summed E-state index contributed by atoms with van der Waals surface area (Å²) in [6.07, 6.45) is 5.03. The van der Waals surface area contributed by atoms with Crippen LogP contribution in [0.25, 0.3) is 0 Å². The van der Waals surface area contributed by atoms with E-state index in [1.807, 2.05) is 26.0 Å². The van der Waals surface area contributed by atoms with Gasteiger partial charge in [0.25, 0.3) is 0 Å². The maximum absolute atomic E-state index is 12.6. The largest absolute Gasteiger partial charge is 0.457 e. The second-order valence-electron chi connectivity index (χ2n) is 7.27. The summed E-state index contributed by atoms with van der Waals surface area (Å²) in [5, 5.41) is 9.38. The summed E-state index contributed by atoms with van der Waals surface area (Å²) in [4.78, 5) is 24.6. The monoisotopic (exact) mass is 301 g/mol. The van der Waals surface area contributed by atoms with Gasteiger partial charge in [-0.2, -0.15) is 5.26 Å². The van der Waals surface area contributed by atoms with E-state index >= 15 is 0 Å². The van der Waals surface area contributed by atoms with E-state index in [2.05, 4.69) is 6.07 Å². The highest BCUT2D eigenvalue weighted by atomic mass is 16.6. The van der Waals surface area contributed by atoms with E-state index in [9.17, 15) is 14.9 Å². The number of nitriles is 1. The first kappa shape index (κ1) is 13.8. The van der Waals surface area contributed by atoms with Gasteiger partial charge in [-0.25, -0.2) is 0 Å². The fourth-order valence-corrected chi connectivity index (χ4v) is 4.85. The molecule has 1 aliphatic heterocycles. The van der Waals surface area contributed by atoms with Crippen LogP contribution in [-0.2, 0) is 19.1 Å². The highest BCUT2D eigenvalue weighted by molar-refractivity contribution is 5.85. The van der Waals surface area contributed by atoms with Crippen molar-refractivity contribution in [3.05, 3.63) is 12.2 Å². The summed E-state index contributed by atoms with van der Waals surface area (Å²) < 4.78 is 11.2. The third-order valence-corrected chi connectivity index (χ3v) is 6.22. The Morgan fingerprint density at radius 2 is 2.23 bits per heavy atom. The molecule has 116 valence electrons. The molecule has 4 rings (SSSR count). The highest BCUT2D eigenvalue weighted by Gasteiger charge is 2.72. The van der Waals surface area contributed by atoms with Crippen molar-refractivity contribution in [2.24, 2.45) is 28.6 Å². The molecule has 7 unspecified atom stereocenters. The molecule has 0 aromatic heterocycles. The SMILES string of the molecule is C/C=C\C1(C(=O)OC2C3CC4C2OC(=O)C4(C#N)C3)CC1C. The van der Waals surface area contributed by atoms with Gasteiger partial charge in [-0.1, -0.05) is 19.1 Å². The van der Waals surface area contributed by atoms with Gasteiger partial charge in [0.1, 0.15) is 12.2 Å². The molecule has 3 saturated carbocycles. The van der Waals surface area contributed by atoms with E-state index in [-0.39, 0.29) is 23.9 Å². The van der Waals surface area contributed by atoms with Gasteiger partial charge >= 0.3 is 11.9 Å². The lowest BCUT2D eigenvalue weighted by atomic mass is 9.74. The summed E-state index contributed by atoms with van der Waals surface area (Å²) in [5.41, 5.74) is -1.47. The molecule has 22 heavy (non-hydrogen) atoms. The molecule has 3 aliphatic carbocycles. The normalized spacial score (nSPS) is 51.0. The van der Waals surface area contributed by atoms with Crippen LogP contribution in [-0.4, -0.2) is 24.1 Å². The van der Waals surface area contributed by atoms with Gasteiger partial charge in [0, 0.05) is 11.8 Å². The first-order chi connectivity index (χ1) is 10.5. The van der Waals surface area contributed by atoms with Crippen molar-refractivity contribution < 1.29 is 19.1 Å². The summed E-state index contributed by atoms with van der Waals surface area (Å²) in [6.45, 7) is 3.94. The van der Waals surface area contributed by atoms with E-state index < -0.39 is 22.9 Å². The summed E-state index contributed by atoms with van der Waals surface area (Å²) >= 11 is 0. The zero-order valence-corrected chi connectivity index (χ0v) is 12.7. The molecule has 5 nitrogen and oxygen atoms in total. The van der Waals surface area contributed by atoms with Crippen molar-refractivity contribution in [3.63, 3.8) is 0 Å². The molecule has 0 amide bonds. The van der Waals surface area contributed by atoms with E-state index in [0.717, 1.165) is 12.8 Å². The Kier molecular flexibility index (Phi) is 2.59. The number of esters is 2. The number of ether oxygens (including phenoxy) is 2. The number of hydrogen-bond donors (Lipinski definition) is 0. The fourth-order valence-electron chi connectivity index (χ4n) is 4.85. The van der Waals surface area contributed by atoms with Gasteiger partial charge in [-0.05, 0) is 32.1 Å². The maximum Gasteiger partial charge on any atom is 0.327 e. The molecule has 2 bridgehead atoms. The van der Waals surface area contributed by atoms with Gasteiger partial charge < -0.3 is 9.47 Å². The third-order valence-electron chi connectivity index (χ3n) is 6.22. The molecule has 0 N–H and O–H groups in total. The van der Waals surface area contributed by atoms with Crippen molar-refractivity contribution in [2.45, 2.75) is 45.3 Å². The molecule has 0 radical (unpaired) electrons. The molecule has 0 spiro atoms. The van der Waals surface area contributed by atoms with Crippen LogP contribution in [0.2, 0.25) is 0 Å². The van der Waals surface area contributed by atoms with Crippen molar-refractivity contribution in [1.29, 1.82) is 5.26 Å². The van der Waals surface area contributed by atoms with Gasteiger partial charge in [0.05, 0.1) is 11.5 Å². The minimum atomic E-state index is -0.980. The summed E-state index contributed by atoms with van der Waals surface area (Å²) in [5.74, 6) is -0.377. The van der Waals surface area contributed by atoms with Crippen molar-refractivity contribution in [1.82, 2.24) is 0 Å². The minimum absolute atomic E-state index is 0.0711. The fraction of sp³-hybridized carbons (Fsp3) is 0.706. The Bertz CT molecular complexity index is 635. The topological polar surface area (TPSA) is 76.4 Å². The Hall–Kier alpha value is -1.83. The van der Waals surface area contributed by atoms with E-state index in [1.54, 1.807) is 0 Å². The molecule has 5 heteroatoms. The van der Waals surface area contributed by atoms with Crippen molar-refractivity contribution >= 4 is 11.9 Å². The first-order valence-corrected chi connectivity index (χ1v) is 7.96. The Balaban J connectivity index is 1.55. The molecule has 0 aromatic rings. The van der Waals surface area contributed by atoms with Crippen LogP contribution >= 0.6 is 0 Å². The summed E-state index contributed by atoms with van der Waals surface area (Å²) in [7, 11) is 0. The van der Waals surface area contributed by atoms with Crippen LogP contribution in [0.3, 0.4) is 0 Å². The zero-order valence-electron chi connectivity index (χ0n) is 12.7. The number of allylic oxidation sites excluding steroid dienone is 1. The number of hydrogen-bond acceptors (Lipinski definition) is 5. The molecule has 7 atom stereocenters. The van der Waals surface area contributed by atoms with Crippen molar-refractivity contribution in [3.8, 4) is 6.07 Å². The Morgan fingerprint density at radius 1 is 1.50 bits per heavy atom. The predicted octanol–water partition coefficient (Wildman–Crippen LogP) is 1.98. The number of nitrogens with zero attached hydrogens (tertiary/aromatic N) is 1. The molecule has 0 aromatic carbocycles. The van der Waals surface area contributed by atoms with E-state index in [4.69, 9.17) is 9.47 Å². The van der Waals surface area contributed by atoms with Crippen molar-refractivity contribution in [2.75, 3.05) is 0 Å². The van der Waals surface area contributed by atoms with Crippen LogP contribution in [0.5, 0.6) is 0 Å². The molecule has 1 saturated heterocycles. The van der Waals surface area contributed by atoms with E-state index in [1.165, 1.54) is 0 Å². The van der Waals surface area contributed by atoms with Crippen LogP contribution in [0.15, 0.2) is 12.2 Å². The second kappa shape index (κ2) is 4.13. The zero-order chi connectivity index (χ0) is 15.7. The summed E-state index contributed by atoms with van der Waals surface area (Å²) in [6, 6.07) is 2.17. The van der Waals surface area contributed by atoms with E-state index in [0.29, 0.717) is 12.3 Å². The maximum atomic E-state index is 12.6. The number of rotatable bonds is 3. The van der Waals surface area contributed by atoms with Crippen LogP contribution in [0, 0.1) is 39.9 Å². The van der Waals surface area contributed by atoms with Gasteiger partial charge in [-0.3, -0.25) is 9.59 Å². The Labute approximate surface area is 129 Å². The standard InChI is InChI=1S/C17H19NO4/c1-3-4-16(6-9(16)2)14(19)21-12-10-5-11-13(12)22-15(20)17(11,7-10)8-18/h3-4,9-13H,5-7H2,1-2H3/b4-3-. The average Bonchev–Trinajstić information content (AvgIpc) is 2.81. The minimum Gasteiger partial charge on any atom is -0.457 e. The number of carbonyl (C=O) groups is 2. The lowest BCUT2D eigenvalue weighted by Gasteiger charge is -2.29. The Morgan fingerprint density at radius 3 is 2.82 bits per heavy atom. The first-order valence-electron chi connectivity index (χ1n) is 7.96. The van der Waals surface area contributed by atoms with Gasteiger partial charge in [0.2, 0.25) is 0 Å². The molecule has 4 aliphatic rings.